The van der Waals surface area contributed by atoms with Crippen molar-refractivity contribution in [1.82, 2.24) is 5.32 Å². The normalized spacial score (nSPS) is 13.4. The van der Waals surface area contributed by atoms with Gasteiger partial charge in [-0.3, -0.25) is 0 Å². The summed E-state index contributed by atoms with van der Waals surface area (Å²) < 4.78 is 38.9. The van der Waals surface area contributed by atoms with E-state index >= 15 is 0 Å². The molecule has 2 rings (SSSR count). The molecule has 0 bridgehead atoms. The molecule has 1 unspecified atom stereocenters. The lowest BCUT2D eigenvalue weighted by atomic mass is 10.0. The molecule has 2 aromatic rings. The number of halogens is 3. The third kappa shape index (κ3) is 3.66. The first-order valence-corrected chi connectivity index (χ1v) is 7.66. The molecule has 0 saturated heterocycles. The highest BCUT2D eigenvalue weighted by molar-refractivity contribution is 7.15. The van der Waals surface area contributed by atoms with Gasteiger partial charge < -0.3 is 5.32 Å². The topological polar surface area (TPSA) is 12.0 Å². The van der Waals surface area contributed by atoms with E-state index in [4.69, 9.17) is 0 Å². The van der Waals surface area contributed by atoms with Crippen LogP contribution < -0.4 is 5.32 Å². The number of aryl methyl sites for hydroxylation is 1. The zero-order valence-corrected chi connectivity index (χ0v) is 13.0. The first-order chi connectivity index (χ1) is 9.82. The summed E-state index contributed by atoms with van der Waals surface area (Å²) in [6.07, 6.45) is -4.31. The lowest BCUT2D eigenvalue weighted by Gasteiger charge is -2.12. The fraction of sp³-hybridized carbons (Fsp3) is 0.375. The maximum Gasteiger partial charge on any atom is 0.416 e. The number of hydrogen-bond donors (Lipinski definition) is 1. The Labute approximate surface area is 126 Å². The minimum atomic E-state index is -4.31. The molecule has 0 aliphatic carbocycles. The molecule has 1 N–H and O–H groups in total. The van der Waals surface area contributed by atoms with Crippen molar-refractivity contribution in [3.05, 3.63) is 46.3 Å². The molecular formula is C16H18F3NS. The molecule has 0 saturated carbocycles. The minimum Gasteiger partial charge on any atom is -0.310 e. The Morgan fingerprint density at radius 1 is 1.19 bits per heavy atom. The highest BCUT2D eigenvalue weighted by atomic mass is 32.1. The molecule has 0 aliphatic rings. The van der Waals surface area contributed by atoms with Crippen LogP contribution in [0.4, 0.5) is 13.2 Å². The van der Waals surface area contributed by atoms with E-state index in [1.54, 1.807) is 6.07 Å². The quantitative estimate of drug-likeness (QED) is 0.795. The molecular weight excluding hydrogens is 295 g/mol. The average molecular weight is 313 g/mol. The summed E-state index contributed by atoms with van der Waals surface area (Å²) in [5.74, 6) is 0. The van der Waals surface area contributed by atoms with Crippen LogP contribution in [0.5, 0.6) is 0 Å². The second-order valence-electron chi connectivity index (χ2n) is 5.01. The van der Waals surface area contributed by atoms with Crippen LogP contribution in [-0.4, -0.2) is 6.54 Å². The summed E-state index contributed by atoms with van der Waals surface area (Å²) in [4.78, 5) is 1.99. The van der Waals surface area contributed by atoms with Gasteiger partial charge in [0, 0.05) is 15.8 Å². The van der Waals surface area contributed by atoms with Crippen molar-refractivity contribution in [3.8, 4) is 10.4 Å². The second kappa shape index (κ2) is 6.20. The average Bonchev–Trinajstić information content (AvgIpc) is 2.88. The Kier molecular flexibility index (Phi) is 4.74. The molecule has 0 aliphatic heterocycles. The van der Waals surface area contributed by atoms with E-state index in [9.17, 15) is 13.2 Å². The number of benzene rings is 1. The Bertz CT molecular complexity index is 616. The number of rotatable bonds is 4. The largest absolute Gasteiger partial charge is 0.416 e. The van der Waals surface area contributed by atoms with Crippen molar-refractivity contribution in [2.75, 3.05) is 6.54 Å². The first-order valence-electron chi connectivity index (χ1n) is 6.84. The number of nitrogens with one attached hydrogen (secondary N) is 1. The van der Waals surface area contributed by atoms with Crippen LogP contribution in [0.1, 0.15) is 35.9 Å². The van der Waals surface area contributed by atoms with Crippen LogP contribution in [0, 0.1) is 6.92 Å². The van der Waals surface area contributed by atoms with Crippen LogP contribution in [0.3, 0.4) is 0 Å². The van der Waals surface area contributed by atoms with Gasteiger partial charge in [0.15, 0.2) is 0 Å². The minimum absolute atomic E-state index is 0.210. The molecule has 5 heteroatoms. The van der Waals surface area contributed by atoms with Crippen molar-refractivity contribution in [2.24, 2.45) is 0 Å². The van der Waals surface area contributed by atoms with Gasteiger partial charge in [0.05, 0.1) is 5.56 Å². The lowest BCUT2D eigenvalue weighted by Crippen LogP contribution is -2.16. The van der Waals surface area contributed by atoms with E-state index in [-0.39, 0.29) is 11.6 Å². The summed E-state index contributed by atoms with van der Waals surface area (Å²) in [5, 5.41) is 3.30. The molecule has 0 fully saturated rings. The van der Waals surface area contributed by atoms with Crippen LogP contribution in [-0.2, 0) is 6.18 Å². The van der Waals surface area contributed by atoms with Gasteiger partial charge in [-0.15, -0.1) is 11.3 Å². The van der Waals surface area contributed by atoms with E-state index in [0.29, 0.717) is 5.56 Å². The number of alkyl halides is 3. The van der Waals surface area contributed by atoms with E-state index < -0.39 is 11.7 Å². The molecule has 1 atom stereocenters. The molecule has 114 valence electrons. The van der Waals surface area contributed by atoms with Gasteiger partial charge in [-0.25, -0.2) is 0 Å². The van der Waals surface area contributed by atoms with Gasteiger partial charge in [-0.05, 0) is 49.7 Å². The number of thiophene rings is 1. The zero-order valence-electron chi connectivity index (χ0n) is 12.2. The fourth-order valence-corrected chi connectivity index (χ4v) is 3.26. The Morgan fingerprint density at radius 3 is 2.52 bits per heavy atom. The Hall–Kier alpha value is -1.33. The van der Waals surface area contributed by atoms with Crippen molar-refractivity contribution < 1.29 is 13.2 Å². The zero-order chi connectivity index (χ0) is 15.6. The molecule has 21 heavy (non-hydrogen) atoms. The van der Waals surface area contributed by atoms with Gasteiger partial charge in [0.25, 0.3) is 0 Å². The fourth-order valence-electron chi connectivity index (χ4n) is 2.23. The molecule has 1 nitrogen and oxygen atoms in total. The van der Waals surface area contributed by atoms with Gasteiger partial charge in [-0.1, -0.05) is 19.1 Å². The van der Waals surface area contributed by atoms with Crippen molar-refractivity contribution in [3.63, 3.8) is 0 Å². The lowest BCUT2D eigenvalue weighted by molar-refractivity contribution is -0.138. The highest BCUT2D eigenvalue weighted by Gasteiger charge is 2.32. The predicted octanol–water partition coefficient (Wildman–Crippen LogP) is 5.41. The molecule has 1 aromatic carbocycles. The van der Waals surface area contributed by atoms with E-state index in [1.807, 2.05) is 19.1 Å². The van der Waals surface area contributed by atoms with Gasteiger partial charge in [0.1, 0.15) is 0 Å². The summed E-state index contributed by atoms with van der Waals surface area (Å²) >= 11 is 1.53. The van der Waals surface area contributed by atoms with E-state index in [2.05, 4.69) is 12.2 Å². The predicted molar refractivity (Wildman–Crippen MR) is 81.6 cm³/mol. The number of hydrogen-bond acceptors (Lipinski definition) is 2. The molecule has 1 heterocycles. The molecule has 1 aromatic heterocycles. The van der Waals surface area contributed by atoms with Crippen molar-refractivity contribution >= 4 is 11.3 Å². The van der Waals surface area contributed by atoms with Gasteiger partial charge in [-0.2, -0.15) is 13.2 Å². The van der Waals surface area contributed by atoms with Crippen LogP contribution >= 0.6 is 11.3 Å². The standard InChI is InChI=1S/C16H18F3NS/c1-4-20-11(3)14-7-8-15(21-14)12-6-5-10(2)13(9-12)16(17,18)19/h5-9,11,20H,4H2,1-3H3. The van der Waals surface area contributed by atoms with Crippen LogP contribution in [0.2, 0.25) is 0 Å². The summed E-state index contributed by atoms with van der Waals surface area (Å²) in [7, 11) is 0. The maximum absolute atomic E-state index is 13.0. The Morgan fingerprint density at radius 2 is 1.90 bits per heavy atom. The van der Waals surface area contributed by atoms with Crippen LogP contribution in [0.15, 0.2) is 30.3 Å². The molecule has 0 spiro atoms. The third-order valence-electron chi connectivity index (χ3n) is 3.39. The summed E-state index contributed by atoms with van der Waals surface area (Å²) in [6.45, 7) is 6.42. The highest BCUT2D eigenvalue weighted by Crippen LogP contribution is 2.37. The maximum atomic E-state index is 13.0. The molecule has 0 amide bonds. The first kappa shape index (κ1) is 16.0. The SMILES string of the molecule is CCNC(C)c1ccc(-c2ccc(C)c(C(F)(F)F)c2)s1. The van der Waals surface area contributed by atoms with Gasteiger partial charge in [0.2, 0.25) is 0 Å². The smallest absolute Gasteiger partial charge is 0.310 e. The third-order valence-corrected chi connectivity index (χ3v) is 4.71. The van der Waals surface area contributed by atoms with E-state index in [1.165, 1.54) is 30.4 Å². The summed E-state index contributed by atoms with van der Waals surface area (Å²) in [5.41, 5.74) is 0.312. The van der Waals surface area contributed by atoms with Crippen LogP contribution in [0.25, 0.3) is 10.4 Å². The summed E-state index contributed by atoms with van der Waals surface area (Å²) in [6, 6.07) is 8.59. The monoisotopic (exact) mass is 313 g/mol. The Balaban J connectivity index is 2.35. The van der Waals surface area contributed by atoms with Crippen molar-refractivity contribution in [1.29, 1.82) is 0 Å². The van der Waals surface area contributed by atoms with Crippen molar-refractivity contribution in [2.45, 2.75) is 33.0 Å². The molecule has 0 radical (unpaired) electrons. The van der Waals surface area contributed by atoms with Gasteiger partial charge >= 0.3 is 6.18 Å². The second-order valence-corrected chi connectivity index (χ2v) is 6.12. The van der Waals surface area contributed by atoms with E-state index in [0.717, 1.165) is 16.3 Å².